The van der Waals surface area contributed by atoms with Gasteiger partial charge in [-0.15, -0.1) is 11.3 Å². The minimum atomic E-state index is -3.39. The lowest BCUT2D eigenvalue weighted by atomic mass is 9.95. The van der Waals surface area contributed by atoms with Crippen LogP contribution in [0.5, 0.6) is 0 Å². The summed E-state index contributed by atoms with van der Waals surface area (Å²) in [6, 6.07) is 5.83. The van der Waals surface area contributed by atoms with E-state index in [0.29, 0.717) is 16.1 Å². The van der Waals surface area contributed by atoms with Gasteiger partial charge in [-0.25, -0.2) is 13.2 Å². The van der Waals surface area contributed by atoms with Gasteiger partial charge < -0.3 is 10.1 Å². The molecule has 0 fully saturated rings. The molecular formula is C20H23NO5S2. The number of nitrogens with one attached hydrogen (secondary N) is 1. The van der Waals surface area contributed by atoms with Crippen molar-refractivity contribution in [1.82, 2.24) is 0 Å². The van der Waals surface area contributed by atoms with Crippen molar-refractivity contribution in [2.45, 2.75) is 49.7 Å². The van der Waals surface area contributed by atoms with Crippen molar-refractivity contribution in [3.63, 3.8) is 0 Å². The van der Waals surface area contributed by atoms with E-state index < -0.39 is 27.0 Å². The molecule has 0 saturated heterocycles. The SMILES string of the molecule is COC(=O)c1c(NC(=O)c2ccc(S(=O)(=O)C(C)C)cc2)sc2c1CCCC2. The summed E-state index contributed by atoms with van der Waals surface area (Å²) < 4.78 is 29.4. The van der Waals surface area contributed by atoms with E-state index in [1.54, 1.807) is 13.8 Å². The van der Waals surface area contributed by atoms with Gasteiger partial charge in [0.05, 0.1) is 22.8 Å². The lowest BCUT2D eigenvalue weighted by molar-refractivity contribution is 0.0601. The summed E-state index contributed by atoms with van der Waals surface area (Å²) in [4.78, 5) is 26.2. The Morgan fingerprint density at radius 3 is 2.36 bits per heavy atom. The predicted molar refractivity (Wildman–Crippen MR) is 109 cm³/mol. The second kappa shape index (κ2) is 8.05. The molecule has 0 bridgehead atoms. The molecule has 0 radical (unpaired) electrons. The fourth-order valence-electron chi connectivity index (χ4n) is 3.22. The molecule has 3 rings (SSSR count). The third-order valence-electron chi connectivity index (χ3n) is 4.85. The first-order valence-corrected chi connectivity index (χ1v) is 11.5. The van der Waals surface area contributed by atoms with Gasteiger partial charge in [0.1, 0.15) is 5.00 Å². The molecule has 1 aliphatic carbocycles. The fourth-order valence-corrected chi connectivity index (χ4v) is 5.55. The van der Waals surface area contributed by atoms with Gasteiger partial charge in [0.2, 0.25) is 0 Å². The highest BCUT2D eigenvalue weighted by Gasteiger charge is 2.27. The van der Waals surface area contributed by atoms with Crippen LogP contribution in [0.25, 0.3) is 0 Å². The van der Waals surface area contributed by atoms with Crippen molar-refractivity contribution in [3.05, 3.63) is 45.8 Å². The predicted octanol–water partition coefficient (Wildman–Crippen LogP) is 3.85. The molecule has 150 valence electrons. The van der Waals surface area contributed by atoms with Crippen LogP contribution in [0.15, 0.2) is 29.2 Å². The normalized spacial score (nSPS) is 13.9. The number of hydrogen-bond donors (Lipinski definition) is 1. The minimum Gasteiger partial charge on any atom is -0.465 e. The first-order chi connectivity index (χ1) is 13.3. The van der Waals surface area contributed by atoms with E-state index in [1.165, 1.54) is 42.7 Å². The van der Waals surface area contributed by atoms with Crippen molar-refractivity contribution in [1.29, 1.82) is 0 Å². The van der Waals surface area contributed by atoms with E-state index in [2.05, 4.69) is 5.32 Å². The van der Waals surface area contributed by atoms with Gasteiger partial charge in [-0.2, -0.15) is 0 Å². The highest BCUT2D eigenvalue weighted by atomic mass is 32.2. The van der Waals surface area contributed by atoms with Crippen LogP contribution in [0, 0.1) is 0 Å². The number of sulfone groups is 1. The van der Waals surface area contributed by atoms with Crippen molar-refractivity contribution in [3.8, 4) is 0 Å². The zero-order valence-electron chi connectivity index (χ0n) is 16.1. The zero-order valence-corrected chi connectivity index (χ0v) is 17.7. The van der Waals surface area contributed by atoms with E-state index in [4.69, 9.17) is 4.74 Å². The second-order valence-corrected chi connectivity index (χ2v) is 10.6. The summed E-state index contributed by atoms with van der Waals surface area (Å²) in [5.74, 6) is -0.842. The lowest BCUT2D eigenvalue weighted by Crippen LogP contribution is -2.16. The third kappa shape index (κ3) is 3.84. The Morgan fingerprint density at radius 1 is 1.11 bits per heavy atom. The fraction of sp³-hybridized carbons (Fsp3) is 0.400. The summed E-state index contributed by atoms with van der Waals surface area (Å²) in [7, 11) is -2.06. The third-order valence-corrected chi connectivity index (χ3v) is 8.23. The maximum Gasteiger partial charge on any atom is 0.341 e. The Bertz CT molecular complexity index is 1000. The van der Waals surface area contributed by atoms with Crippen molar-refractivity contribution in [2.75, 3.05) is 12.4 Å². The number of anilines is 1. The van der Waals surface area contributed by atoms with Crippen LogP contribution >= 0.6 is 11.3 Å². The van der Waals surface area contributed by atoms with Gasteiger partial charge >= 0.3 is 5.97 Å². The Balaban J connectivity index is 1.87. The van der Waals surface area contributed by atoms with Crippen LogP contribution in [0.2, 0.25) is 0 Å². The monoisotopic (exact) mass is 421 g/mol. The minimum absolute atomic E-state index is 0.181. The smallest absolute Gasteiger partial charge is 0.341 e. The molecule has 2 aromatic rings. The molecule has 1 aromatic carbocycles. The highest BCUT2D eigenvalue weighted by molar-refractivity contribution is 7.92. The van der Waals surface area contributed by atoms with Crippen LogP contribution in [-0.4, -0.2) is 32.7 Å². The van der Waals surface area contributed by atoms with Gasteiger partial charge in [-0.3, -0.25) is 4.79 Å². The van der Waals surface area contributed by atoms with E-state index in [9.17, 15) is 18.0 Å². The number of thiophene rings is 1. The molecule has 28 heavy (non-hydrogen) atoms. The second-order valence-electron chi connectivity index (χ2n) is 6.98. The number of hydrogen-bond acceptors (Lipinski definition) is 6. The van der Waals surface area contributed by atoms with Gasteiger partial charge in [0, 0.05) is 10.4 Å². The van der Waals surface area contributed by atoms with E-state index >= 15 is 0 Å². The largest absolute Gasteiger partial charge is 0.465 e. The summed E-state index contributed by atoms with van der Waals surface area (Å²) in [6.45, 7) is 3.23. The maximum atomic E-state index is 12.7. The number of fused-ring (bicyclic) bond motifs is 1. The molecule has 8 heteroatoms. The summed E-state index contributed by atoms with van der Waals surface area (Å²) >= 11 is 1.41. The van der Waals surface area contributed by atoms with Crippen LogP contribution in [0.3, 0.4) is 0 Å². The maximum absolute atomic E-state index is 12.7. The molecule has 0 aliphatic heterocycles. The lowest BCUT2D eigenvalue weighted by Gasteiger charge is -2.12. The average Bonchev–Trinajstić information content (AvgIpc) is 3.05. The molecule has 1 aromatic heterocycles. The van der Waals surface area contributed by atoms with Gasteiger partial charge in [0.15, 0.2) is 9.84 Å². The summed E-state index contributed by atoms with van der Waals surface area (Å²) in [5, 5.41) is 2.76. The van der Waals surface area contributed by atoms with E-state index in [0.717, 1.165) is 36.1 Å². The molecular weight excluding hydrogens is 398 g/mol. The van der Waals surface area contributed by atoms with E-state index in [-0.39, 0.29) is 4.90 Å². The first kappa shape index (κ1) is 20.5. The number of rotatable bonds is 5. The van der Waals surface area contributed by atoms with Crippen LogP contribution in [-0.2, 0) is 27.4 Å². The molecule has 0 unspecified atom stereocenters. The molecule has 0 saturated carbocycles. The van der Waals surface area contributed by atoms with Crippen LogP contribution < -0.4 is 5.32 Å². The number of carbonyl (C=O) groups is 2. The molecule has 1 amide bonds. The molecule has 1 aliphatic rings. The number of ether oxygens (including phenoxy) is 1. The van der Waals surface area contributed by atoms with Gasteiger partial charge in [-0.1, -0.05) is 0 Å². The van der Waals surface area contributed by atoms with Crippen LogP contribution in [0.4, 0.5) is 5.00 Å². The van der Waals surface area contributed by atoms with Gasteiger partial charge in [0.25, 0.3) is 5.91 Å². The number of esters is 1. The Kier molecular flexibility index (Phi) is 5.90. The number of aryl methyl sites for hydroxylation is 1. The average molecular weight is 422 g/mol. The molecule has 6 nitrogen and oxygen atoms in total. The topological polar surface area (TPSA) is 89.5 Å². The zero-order chi connectivity index (χ0) is 20.5. The molecule has 0 atom stereocenters. The van der Waals surface area contributed by atoms with Crippen molar-refractivity contribution < 1.29 is 22.7 Å². The van der Waals surface area contributed by atoms with Crippen molar-refractivity contribution in [2.24, 2.45) is 0 Å². The quantitative estimate of drug-likeness (QED) is 0.741. The Morgan fingerprint density at radius 2 is 1.75 bits per heavy atom. The number of carbonyl (C=O) groups excluding carboxylic acids is 2. The number of methoxy groups -OCH3 is 1. The summed E-state index contributed by atoms with van der Waals surface area (Å²) in [5.41, 5.74) is 1.73. The van der Waals surface area contributed by atoms with Crippen LogP contribution in [0.1, 0.15) is 57.8 Å². The Hall–Kier alpha value is -2.19. The van der Waals surface area contributed by atoms with Gasteiger partial charge in [-0.05, 0) is 69.4 Å². The molecule has 1 N–H and O–H groups in total. The first-order valence-electron chi connectivity index (χ1n) is 9.14. The Labute approximate surface area is 168 Å². The van der Waals surface area contributed by atoms with Crippen molar-refractivity contribution >= 4 is 38.1 Å². The molecule has 0 spiro atoms. The standard InChI is InChI=1S/C20H23NO5S2/c1-12(2)28(24,25)14-10-8-13(9-11-14)18(22)21-19-17(20(23)26-3)15-6-4-5-7-16(15)27-19/h8-12H,4-7H2,1-3H3,(H,21,22). The molecule has 1 heterocycles. The number of benzene rings is 1. The van der Waals surface area contributed by atoms with E-state index in [1.807, 2.05) is 0 Å². The summed E-state index contributed by atoms with van der Waals surface area (Å²) in [6.07, 6.45) is 3.76. The highest BCUT2D eigenvalue weighted by Crippen LogP contribution is 2.38. The number of amides is 1.